The molecular formula is C27H29BrN4O3S. The number of para-hydroxylation sites is 1. The highest BCUT2D eigenvalue weighted by Crippen LogP contribution is 2.32. The van der Waals surface area contributed by atoms with Crippen LogP contribution in [0.4, 0.5) is 0 Å². The van der Waals surface area contributed by atoms with E-state index in [1.54, 1.807) is 6.08 Å². The van der Waals surface area contributed by atoms with Gasteiger partial charge in [0.2, 0.25) is 5.17 Å². The number of nitrogens with one attached hydrogen (secondary N) is 1. The van der Waals surface area contributed by atoms with Crippen molar-refractivity contribution in [2.45, 2.75) is 45.4 Å². The summed E-state index contributed by atoms with van der Waals surface area (Å²) < 4.78 is 12.5. The Kier molecular flexibility index (Phi) is 9.35. The van der Waals surface area contributed by atoms with Crippen LogP contribution in [0.3, 0.4) is 0 Å². The van der Waals surface area contributed by atoms with Crippen LogP contribution < -0.4 is 9.47 Å². The topological polar surface area (TPSA) is 87.3 Å². The predicted octanol–water partition coefficient (Wildman–Crippen LogP) is 6.89. The Hall–Kier alpha value is -2.91. The van der Waals surface area contributed by atoms with Crippen molar-refractivity contribution in [1.82, 2.24) is 5.01 Å². The van der Waals surface area contributed by atoms with E-state index in [4.69, 9.17) is 14.9 Å². The summed E-state index contributed by atoms with van der Waals surface area (Å²) in [6.07, 6.45) is 8.35. The fourth-order valence-corrected chi connectivity index (χ4v) is 5.07. The average molecular weight is 570 g/mol. The first-order valence-corrected chi connectivity index (χ1v) is 13.8. The lowest BCUT2D eigenvalue weighted by Crippen LogP contribution is -2.35. The minimum atomic E-state index is -0.448. The third-order valence-corrected chi connectivity index (χ3v) is 7.08. The first-order chi connectivity index (χ1) is 17.5. The number of amides is 1. The highest BCUT2D eigenvalue weighted by Gasteiger charge is 2.35. The monoisotopic (exact) mass is 568 g/mol. The number of fused-ring (bicyclic) bond motifs is 1. The summed E-state index contributed by atoms with van der Waals surface area (Å²) in [5, 5.41) is 16.0. The number of hydrogen-bond acceptors (Lipinski definition) is 6. The van der Waals surface area contributed by atoms with E-state index >= 15 is 0 Å². The van der Waals surface area contributed by atoms with Gasteiger partial charge in [-0.25, -0.2) is 0 Å². The molecule has 0 fully saturated rings. The van der Waals surface area contributed by atoms with Crippen LogP contribution in [-0.4, -0.2) is 40.2 Å². The maximum atomic E-state index is 12.8. The second kappa shape index (κ2) is 12.9. The van der Waals surface area contributed by atoms with Crippen LogP contribution in [0, 0.1) is 5.41 Å². The summed E-state index contributed by atoms with van der Waals surface area (Å²) in [5.74, 6) is 0.941. The maximum absolute atomic E-state index is 12.8. The summed E-state index contributed by atoms with van der Waals surface area (Å²) in [4.78, 5) is 17.1. The number of benzene rings is 2. The van der Waals surface area contributed by atoms with Crippen molar-refractivity contribution >= 4 is 55.7 Å². The van der Waals surface area contributed by atoms with Crippen molar-refractivity contribution < 1.29 is 14.3 Å². The van der Waals surface area contributed by atoms with Crippen molar-refractivity contribution in [3.05, 3.63) is 64.1 Å². The van der Waals surface area contributed by atoms with E-state index in [1.807, 2.05) is 48.5 Å². The molecule has 0 radical (unpaired) electrons. The fourth-order valence-electron chi connectivity index (χ4n) is 3.76. The Morgan fingerprint density at radius 2 is 1.83 bits per heavy atom. The quantitative estimate of drug-likeness (QED) is 0.222. The van der Waals surface area contributed by atoms with Gasteiger partial charge in [-0.15, -0.1) is 0 Å². The van der Waals surface area contributed by atoms with Crippen LogP contribution in [0.25, 0.3) is 6.08 Å². The Morgan fingerprint density at radius 3 is 2.64 bits per heavy atom. The minimum Gasteiger partial charge on any atom is -0.490 e. The zero-order valence-electron chi connectivity index (χ0n) is 20.2. The molecule has 36 heavy (non-hydrogen) atoms. The van der Waals surface area contributed by atoms with Crippen molar-refractivity contribution in [3.63, 3.8) is 0 Å². The van der Waals surface area contributed by atoms with E-state index in [-0.39, 0.29) is 11.4 Å². The molecule has 4 rings (SSSR count). The number of rotatable bonds is 12. The van der Waals surface area contributed by atoms with Crippen molar-refractivity contribution in [1.29, 1.82) is 5.41 Å². The number of ether oxygens (including phenoxy) is 2. The second-order valence-corrected chi connectivity index (χ2v) is 10.3. The molecule has 1 N–H and O–H groups in total. The first kappa shape index (κ1) is 26.2. The molecule has 9 heteroatoms. The number of hydrazone groups is 1. The molecule has 2 aliphatic rings. The van der Waals surface area contributed by atoms with Crippen LogP contribution in [0.2, 0.25) is 0 Å². The molecule has 2 aromatic rings. The molecule has 7 nitrogen and oxygen atoms in total. The molecule has 2 heterocycles. The highest BCUT2D eigenvalue weighted by atomic mass is 79.9. The van der Waals surface area contributed by atoms with Crippen LogP contribution in [-0.2, 0) is 4.79 Å². The van der Waals surface area contributed by atoms with Crippen LogP contribution in [0.5, 0.6) is 11.5 Å². The van der Waals surface area contributed by atoms with Gasteiger partial charge in [-0.3, -0.25) is 10.2 Å². The Bertz CT molecular complexity index is 1200. The van der Waals surface area contributed by atoms with Gasteiger partial charge >= 0.3 is 0 Å². The number of halogens is 1. The number of hydrogen-bond donors (Lipinski definition) is 1. The summed E-state index contributed by atoms with van der Waals surface area (Å²) in [7, 11) is 0. The highest BCUT2D eigenvalue weighted by molar-refractivity contribution is 9.10. The van der Waals surface area contributed by atoms with E-state index in [1.165, 1.54) is 36.0 Å². The third-order valence-electron chi connectivity index (χ3n) is 5.62. The lowest BCUT2D eigenvalue weighted by atomic mass is 10.1. The van der Waals surface area contributed by atoms with E-state index < -0.39 is 5.91 Å². The van der Waals surface area contributed by atoms with Crippen LogP contribution >= 0.6 is 27.7 Å². The van der Waals surface area contributed by atoms with Gasteiger partial charge < -0.3 is 9.47 Å². The number of carbonyl (C=O) groups is 1. The summed E-state index contributed by atoms with van der Waals surface area (Å²) in [6.45, 7) is 2.90. The molecule has 188 valence electrons. The largest absolute Gasteiger partial charge is 0.490 e. The molecule has 0 aromatic heterocycles. The predicted molar refractivity (Wildman–Crippen MR) is 150 cm³/mol. The zero-order chi connectivity index (χ0) is 25.3. The van der Waals surface area contributed by atoms with E-state index in [0.717, 1.165) is 34.5 Å². The first-order valence-electron chi connectivity index (χ1n) is 12.1. The van der Waals surface area contributed by atoms with E-state index in [0.29, 0.717) is 29.7 Å². The fraction of sp³-hybridized carbons (Fsp3) is 0.333. The van der Waals surface area contributed by atoms with Gasteiger partial charge in [-0.05, 0) is 61.0 Å². The van der Waals surface area contributed by atoms with Gasteiger partial charge in [0.15, 0.2) is 5.84 Å². The summed E-state index contributed by atoms with van der Waals surface area (Å²) in [5.41, 5.74) is 0.846. The molecule has 0 saturated heterocycles. The Labute approximate surface area is 224 Å². The van der Waals surface area contributed by atoms with E-state index in [2.05, 4.69) is 32.9 Å². The van der Waals surface area contributed by atoms with Crippen LogP contribution in [0.15, 0.2) is 68.7 Å². The number of thioether (sulfide) groups is 1. The SMILES string of the molecule is CCCCCCCC1=NN2C(=N)/C(=C/c3cc(Br)ccc3OCCOc3ccccc3)C(=O)N=C2S1. The standard InChI is InChI=1S/C27H29BrN4O3S/c1-2-3-4-5-9-12-24-31-32-25(29)22(26(33)30-27(32)36-24)18-19-17-20(28)13-14-23(19)35-16-15-34-21-10-7-6-8-11-21/h6-8,10-11,13-14,17-18,29H,2-5,9,12,15-16H2,1H3/b22-18-,29-25?. The molecule has 0 atom stereocenters. The smallest absolute Gasteiger partial charge is 0.283 e. The number of nitrogens with zero attached hydrogens (tertiary/aromatic N) is 3. The molecule has 0 bridgehead atoms. The van der Waals surface area contributed by atoms with Gasteiger partial charge in [-0.2, -0.15) is 15.1 Å². The number of aliphatic imine (C=N–C) groups is 1. The molecule has 1 amide bonds. The summed E-state index contributed by atoms with van der Waals surface area (Å²) in [6, 6.07) is 15.1. The molecule has 0 spiro atoms. The Balaban J connectivity index is 1.43. The van der Waals surface area contributed by atoms with Gasteiger partial charge in [0.05, 0.1) is 5.57 Å². The minimum absolute atomic E-state index is 0.0248. The maximum Gasteiger partial charge on any atom is 0.283 e. The van der Waals surface area contributed by atoms with Gasteiger partial charge in [0.25, 0.3) is 5.91 Å². The van der Waals surface area contributed by atoms with Crippen molar-refractivity contribution in [2.75, 3.05) is 13.2 Å². The molecule has 2 aromatic carbocycles. The molecule has 0 aliphatic carbocycles. The number of unbranched alkanes of at least 4 members (excludes halogenated alkanes) is 4. The van der Waals surface area contributed by atoms with E-state index in [9.17, 15) is 4.79 Å². The average Bonchev–Trinajstić information content (AvgIpc) is 3.28. The lowest BCUT2D eigenvalue weighted by molar-refractivity contribution is -0.114. The normalized spacial score (nSPS) is 16.2. The molecular weight excluding hydrogens is 540 g/mol. The molecule has 0 saturated carbocycles. The number of amidine groups is 2. The number of carbonyl (C=O) groups excluding carboxylic acids is 1. The third kappa shape index (κ3) is 6.85. The molecule has 2 aliphatic heterocycles. The molecule has 0 unspecified atom stereocenters. The zero-order valence-corrected chi connectivity index (χ0v) is 22.6. The van der Waals surface area contributed by atoms with Crippen molar-refractivity contribution in [3.8, 4) is 11.5 Å². The van der Waals surface area contributed by atoms with Gasteiger partial charge in [0.1, 0.15) is 29.8 Å². The Morgan fingerprint density at radius 1 is 1.06 bits per heavy atom. The summed E-state index contributed by atoms with van der Waals surface area (Å²) >= 11 is 4.87. The van der Waals surface area contributed by atoms with Crippen molar-refractivity contribution in [2.24, 2.45) is 10.1 Å². The van der Waals surface area contributed by atoms with Gasteiger partial charge in [0, 0.05) is 10.0 Å². The van der Waals surface area contributed by atoms with Crippen LogP contribution in [0.1, 0.15) is 51.0 Å². The second-order valence-electron chi connectivity index (χ2n) is 8.37. The lowest BCUT2D eigenvalue weighted by Gasteiger charge is -2.20. The van der Waals surface area contributed by atoms with Gasteiger partial charge in [-0.1, -0.05) is 66.7 Å².